The van der Waals surface area contributed by atoms with Crippen LogP contribution in [0.1, 0.15) is 73.1 Å². The van der Waals surface area contributed by atoms with Crippen molar-refractivity contribution in [1.29, 1.82) is 0 Å². The first kappa shape index (κ1) is 23.1. The Morgan fingerprint density at radius 3 is 1.32 bits per heavy atom. The number of carboxylic acids is 2. The molecule has 8 heteroatoms. The molecule has 0 aliphatic carbocycles. The lowest BCUT2D eigenvalue weighted by Gasteiger charge is -2.15. The summed E-state index contributed by atoms with van der Waals surface area (Å²) in [6.45, 7) is 3.86. The smallest absolute Gasteiger partial charge is 0.326 e. The van der Waals surface area contributed by atoms with E-state index in [1.54, 1.807) is 0 Å². The van der Waals surface area contributed by atoms with Crippen LogP contribution in [-0.4, -0.2) is 46.0 Å². The molecule has 0 aliphatic rings. The van der Waals surface area contributed by atoms with Crippen molar-refractivity contribution in [1.82, 2.24) is 10.6 Å². The Bertz CT molecular complexity index is 627. The Labute approximate surface area is 164 Å². The van der Waals surface area contributed by atoms with Gasteiger partial charge < -0.3 is 20.8 Å². The maximum Gasteiger partial charge on any atom is 0.326 e. The van der Waals surface area contributed by atoms with Gasteiger partial charge in [0, 0.05) is 11.1 Å². The van der Waals surface area contributed by atoms with Crippen molar-refractivity contribution < 1.29 is 29.4 Å². The third kappa shape index (κ3) is 7.38. The van der Waals surface area contributed by atoms with E-state index in [-0.39, 0.29) is 11.1 Å². The maximum atomic E-state index is 12.2. The maximum absolute atomic E-state index is 12.2. The lowest BCUT2D eigenvalue weighted by Crippen LogP contribution is -2.41. The van der Waals surface area contributed by atoms with Gasteiger partial charge in [-0.15, -0.1) is 0 Å². The van der Waals surface area contributed by atoms with Crippen LogP contribution < -0.4 is 10.6 Å². The van der Waals surface area contributed by atoms with Gasteiger partial charge in [0.2, 0.25) is 0 Å². The van der Waals surface area contributed by atoms with E-state index < -0.39 is 35.8 Å². The summed E-state index contributed by atoms with van der Waals surface area (Å²) in [6.07, 6.45) is 3.68. The highest BCUT2D eigenvalue weighted by atomic mass is 16.4. The largest absolute Gasteiger partial charge is 0.480 e. The average molecular weight is 392 g/mol. The second kappa shape index (κ2) is 11.7. The number of hydrogen-bond donors (Lipinski definition) is 4. The topological polar surface area (TPSA) is 133 Å². The Morgan fingerprint density at radius 2 is 1.07 bits per heavy atom. The molecule has 0 saturated carbocycles. The van der Waals surface area contributed by atoms with Crippen LogP contribution in [0.5, 0.6) is 0 Å². The summed E-state index contributed by atoms with van der Waals surface area (Å²) in [5, 5.41) is 23.3. The van der Waals surface area contributed by atoms with Gasteiger partial charge in [0.25, 0.3) is 11.8 Å². The molecule has 1 aromatic rings. The number of unbranched alkanes of at least 4 members (excludes halogenated alkanes) is 2. The zero-order valence-electron chi connectivity index (χ0n) is 16.2. The normalized spacial score (nSPS) is 12.6. The predicted molar refractivity (Wildman–Crippen MR) is 103 cm³/mol. The third-order valence-electron chi connectivity index (χ3n) is 4.31. The van der Waals surface area contributed by atoms with Crippen LogP contribution in [-0.2, 0) is 9.59 Å². The molecular formula is C20H28N2O6. The van der Waals surface area contributed by atoms with E-state index in [9.17, 15) is 29.4 Å². The van der Waals surface area contributed by atoms with E-state index in [0.29, 0.717) is 25.7 Å². The van der Waals surface area contributed by atoms with Gasteiger partial charge in [0.1, 0.15) is 12.1 Å². The predicted octanol–water partition coefficient (Wildman–Crippen LogP) is 2.43. The second-order valence-electron chi connectivity index (χ2n) is 6.59. The van der Waals surface area contributed by atoms with Crippen molar-refractivity contribution in [3.8, 4) is 0 Å². The van der Waals surface area contributed by atoms with Crippen molar-refractivity contribution in [2.24, 2.45) is 0 Å². The van der Waals surface area contributed by atoms with Gasteiger partial charge in [-0.05, 0) is 37.1 Å². The summed E-state index contributed by atoms with van der Waals surface area (Å²) in [6, 6.07) is 3.70. The molecule has 0 spiro atoms. The second-order valence-corrected chi connectivity index (χ2v) is 6.59. The Morgan fingerprint density at radius 1 is 0.750 bits per heavy atom. The Balaban J connectivity index is 2.75. The fraction of sp³-hybridized carbons (Fsp3) is 0.500. The molecule has 2 atom stereocenters. The SMILES string of the molecule is CCCCC(NC(=O)c1ccc(C(=O)NC(CCCC)C(=O)O)cc1)C(=O)O. The van der Waals surface area contributed by atoms with E-state index >= 15 is 0 Å². The summed E-state index contributed by atoms with van der Waals surface area (Å²) in [5.41, 5.74) is 0.445. The number of amides is 2. The van der Waals surface area contributed by atoms with Gasteiger partial charge >= 0.3 is 11.9 Å². The van der Waals surface area contributed by atoms with Gasteiger partial charge in [-0.2, -0.15) is 0 Å². The molecule has 0 saturated heterocycles. The molecule has 0 aliphatic heterocycles. The molecule has 4 N–H and O–H groups in total. The minimum atomic E-state index is -1.09. The summed E-state index contributed by atoms with van der Waals surface area (Å²) in [4.78, 5) is 46.9. The molecular weight excluding hydrogens is 364 g/mol. The number of carboxylic acid groups (broad SMARTS) is 2. The van der Waals surface area contributed by atoms with Gasteiger partial charge in [0.05, 0.1) is 0 Å². The molecule has 2 unspecified atom stereocenters. The number of carbonyl (C=O) groups excluding carboxylic acids is 2. The van der Waals surface area contributed by atoms with Gasteiger partial charge in [-0.1, -0.05) is 39.5 Å². The lowest BCUT2D eigenvalue weighted by molar-refractivity contribution is -0.140. The fourth-order valence-electron chi connectivity index (χ4n) is 2.59. The number of hydrogen-bond acceptors (Lipinski definition) is 4. The van der Waals surface area contributed by atoms with Crippen LogP contribution in [0.3, 0.4) is 0 Å². The molecule has 0 radical (unpaired) electrons. The summed E-state index contributed by atoms with van der Waals surface area (Å²) in [7, 11) is 0. The third-order valence-corrected chi connectivity index (χ3v) is 4.31. The van der Waals surface area contributed by atoms with Crippen molar-refractivity contribution in [2.75, 3.05) is 0 Å². The van der Waals surface area contributed by atoms with Crippen molar-refractivity contribution in [3.63, 3.8) is 0 Å². The zero-order chi connectivity index (χ0) is 21.1. The van der Waals surface area contributed by atoms with Gasteiger partial charge in [-0.25, -0.2) is 9.59 Å². The Hall–Kier alpha value is -2.90. The number of benzene rings is 1. The number of aliphatic carboxylic acids is 2. The molecule has 1 aromatic carbocycles. The van der Waals surface area contributed by atoms with E-state index in [2.05, 4.69) is 10.6 Å². The van der Waals surface area contributed by atoms with Crippen LogP contribution in [0.2, 0.25) is 0 Å². The van der Waals surface area contributed by atoms with Crippen molar-refractivity contribution in [3.05, 3.63) is 35.4 Å². The fourth-order valence-corrected chi connectivity index (χ4v) is 2.59. The molecule has 154 valence electrons. The first-order valence-electron chi connectivity index (χ1n) is 9.47. The highest BCUT2D eigenvalue weighted by Gasteiger charge is 2.22. The van der Waals surface area contributed by atoms with E-state index in [1.807, 2.05) is 13.8 Å². The number of nitrogens with one attached hydrogen (secondary N) is 2. The van der Waals surface area contributed by atoms with Gasteiger partial charge in [-0.3, -0.25) is 9.59 Å². The van der Waals surface area contributed by atoms with E-state index in [0.717, 1.165) is 12.8 Å². The van der Waals surface area contributed by atoms with Crippen LogP contribution in [0.25, 0.3) is 0 Å². The highest BCUT2D eigenvalue weighted by molar-refractivity contribution is 5.99. The lowest BCUT2D eigenvalue weighted by atomic mass is 10.1. The van der Waals surface area contributed by atoms with Crippen LogP contribution in [0, 0.1) is 0 Å². The Kier molecular flexibility index (Phi) is 9.70. The van der Waals surface area contributed by atoms with E-state index in [4.69, 9.17) is 0 Å². The summed E-state index contributed by atoms with van der Waals surface area (Å²) >= 11 is 0. The minimum absolute atomic E-state index is 0.222. The molecule has 0 fully saturated rings. The minimum Gasteiger partial charge on any atom is -0.480 e. The van der Waals surface area contributed by atoms with Crippen LogP contribution in [0.15, 0.2) is 24.3 Å². The first-order chi connectivity index (χ1) is 13.3. The van der Waals surface area contributed by atoms with E-state index in [1.165, 1.54) is 24.3 Å². The zero-order valence-corrected chi connectivity index (χ0v) is 16.2. The molecule has 28 heavy (non-hydrogen) atoms. The number of carbonyl (C=O) groups is 4. The van der Waals surface area contributed by atoms with Crippen molar-refractivity contribution >= 4 is 23.8 Å². The van der Waals surface area contributed by atoms with Crippen LogP contribution in [0.4, 0.5) is 0 Å². The molecule has 2 amide bonds. The molecule has 8 nitrogen and oxygen atoms in total. The monoisotopic (exact) mass is 392 g/mol. The standard InChI is InChI=1S/C20H28N2O6/c1-3-5-7-15(19(25)26)21-17(23)13-9-11-14(12-10-13)18(24)22-16(20(27)28)8-6-4-2/h9-12,15-16H,3-8H2,1-2H3,(H,21,23)(H,22,24)(H,25,26)(H,27,28). The van der Waals surface area contributed by atoms with Crippen LogP contribution >= 0.6 is 0 Å². The molecule has 0 aromatic heterocycles. The first-order valence-corrected chi connectivity index (χ1v) is 9.47. The number of rotatable bonds is 12. The average Bonchev–Trinajstić information content (AvgIpc) is 2.67. The van der Waals surface area contributed by atoms with Gasteiger partial charge in [0.15, 0.2) is 0 Å². The summed E-state index contributed by atoms with van der Waals surface area (Å²) in [5.74, 6) is -3.27. The van der Waals surface area contributed by atoms with Crippen molar-refractivity contribution in [2.45, 2.75) is 64.5 Å². The molecule has 1 rings (SSSR count). The summed E-state index contributed by atoms with van der Waals surface area (Å²) < 4.78 is 0. The molecule has 0 bridgehead atoms. The highest BCUT2D eigenvalue weighted by Crippen LogP contribution is 2.09. The quantitative estimate of drug-likeness (QED) is 0.432. The molecule has 0 heterocycles.